The highest BCUT2D eigenvalue weighted by atomic mass is 32.1. The van der Waals surface area contributed by atoms with Gasteiger partial charge in [-0.05, 0) is 55.7 Å². The van der Waals surface area contributed by atoms with E-state index in [1.54, 1.807) is 11.3 Å². The van der Waals surface area contributed by atoms with E-state index in [1.807, 2.05) is 24.7 Å². The van der Waals surface area contributed by atoms with Crippen LogP contribution >= 0.6 is 11.3 Å². The number of thiazole rings is 1. The maximum Gasteiger partial charge on any atom is 0.130 e. The summed E-state index contributed by atoms with van der Waals surface area (Å²) in [5.74, 6) is 1.76. The molecule has 1 aliphatic heterocycles. The fourth-order valence-electron chi connectivity index (χ4n) is 3.94. The maximum absolute atomic E-state index is 4.59. The third-order valence-electron chi connectivity index (χ3n) is 6.15. The van der Waals surface area contributed by atoms with E-state index in [4.69, 9.17) is 0 Å². The summed E-state index contributed by atoms with van der Waals surface area (Å²) in [6.45, 7) is 8.38. The molecule has 0 amide bonds. The van der Waals surface area contributed by atoms with Gasteiger partial charge in [-0.1, -0.05) is 25.6 Å². The van der Waals surface area contributed by atoms with Crippen molar-refractivity contribution in [1.29, 1.82) is 0 Å². The van der Waals surface area contributed by atoms with Crippen LogP contribution in [-0.2, 0) is 6.42 Å². The standard InChI is InChI=1S/C26H28N6S/c1-5-26-29-14-23(33-26)19-6-7-20-13-28-24(11-21(20)10-19)30-17(2)18-8-9-27-25(12-18)32-15-22(16-32)31(3)4/h6-14,22H,2,5,15-16H2,1,3-4H3,(H,28,30). The van der Waals surface area contributed by atoms with E-state index in [-0.39, 0.29) is 0 Å². The van der Waals surface area contributed by atoms with Gasteiger partial charge in [0.2, 0.25) is 0 Å². The minimum atomic E-state index is 0.585. The number of rotatable bonds is 7. The first-order chi connectivity index (χ1) is 16.0. The molecule has 1 aliphatic rings. The molecule has 0 spiro atoms. The van der Waals surface area contributed by atoms with E-state index in [1.165, 1.54) is 10.4 Å². The molecule has 1 fully saturated rings. The summed E-state index contributed by atoms with van der Waals surface area (Å²) < 4.78 is 0. The molecule has 0 aliphatic carbocycles. The lowest BCUT2D eigenvalue weighted by molar-refractivity contribution is 0.246. The van der Waals surface area contributed by atoms with Crippen LogP contribution < -0.4 is 10.2 Å². The summed E-state index contributed by atoms with van der Waals surface area (Å²) in [4.78, 5) is 19.4. The van der Waals surface area contributed by atoms with Crippen LogP contribution in [0.3, 0.4) is 0 Å². The first kappa shape index (κ1) is 21.6. The molecule has 1 saturated heterocycles. The molecule has 6 nitrogen and oxygen atoms in total. The van der Waals surface area contributed by atoms with Crippen molar-refractivity contribution in [3.63, 3.8) is 0 Å². The van der Waals surface area contributed by atoms with Crippen LogP contribution in [-0.4, -0.2) is 53.1 Å². The molecule has 1 N–H and O–H groups in total. The van der Waals surface area contributed by atoms with Gasteiger partial charge in [0.15, 0.2) is 0 Å². The third-order valence-corrected chi connectivity index (χ3v) is 7.34. The summed E-state index contributed by atoms with van der Waals surface area (Å²) in [5.41, 5.74) is 3.00. The number of benzene rings is 1. The van der Waals surface area contributed by atoms with Crippen molar-refractivity contribution >= 4 is 39.4 Å². The van der Waals surface area contributed by atoms with Crippen LogP contribution in [0.25, 0.3) is 26.9 Å². The number of hydrogen-bond acceptors (Lipinski definition) is 7. The van der Waals surface area contributed by atoms with E-state index in [2.05, 4.69) is 88.0 Å². The lowest BCUT2D eigenvalue weighted by Gasteiger charge is -2.43. The van der Waals surface area contributed by atoms with Crippen molar-refractivity contribution in [3.8, 4) is 10.4 Å². The van der Waals surface area contributed by atoms with Crippen LogP contribution in [0.15, 0.2) is 61.6 Å². The van der Waals surface area contributed by atoms with Gasteiger partial charge in [-0.2, -0.15) is 0 Å². The average molecular weight is 457 g/mol. The van der Waals surface area contributed by atoms with Crippen molar-refractivity contribution in [2.24, 2.45) is 0 Å². The topological polar surface area (TPSA) is 57.2 Å². The second-order valence-electron chi connectivity index (χ2n) is 8.63. The number of aryl methyl sites for hydroxylation is 1. The normalized spacial score (nSPS) is 14.0. The first-order valence-corrected chi connectivity index (χ1v) is 12.0. The minimum absolute atomic E-state index is 0.585. The van der Waals surface area contributed by atoms with E-state index in [0.717, 1.165) is 58.2 Å². The number of nitrogens with one attached hydrogen (secondary N) is 1. The molecule has 5 rings (SSSR count). The van der Waals surface area contributed by atoms with Gasteiger partial charge in [-0.25, -0.2) is 15.0 Å². The molecule has 33 heavy (non-hydrogen) atoms. The quantitative estimate of drug-likeness (QED) is 0.415. The lowest BCUT2D eigenvalue weighted by Crippen LogP contribution is -2.57. The van der Waals surface area contributed by atoms with Crippen LogP contribution in [0, 0.1) is 0 Å². The van der Waals surface area contributed by atoms with Crippen LogP contribution in [0.5, 0.6) is 0 Å². The Hall–Kier alpha value is -3.29. The predicted octanol–water partition coefficient (Wildman–Crippen LogP) is 5.15. The molecule has 0 unspecified atom stereocenters. The highest BCUT2D eigenvalue weighted by Crippen LogP contribution is 2.30. The molecular weight excluding hydrogens is 428 g/mol. The Labute approximate surface area is 198 Å². The van der Waals surface area contributed by atoms with Gasteiger partial charge in [-0.3, -0.25) is 0 Å². The van der Waals surface area contributed by atoms with Crippen LogP contribution in [0.1, 0.15) is 17.5 Å². The minimum Gasteiger partial charge on any atom is -0.353 e. The Bertz CT molecular complexity index is 1310. The molecule has 0 bridgehead atoms. The molecule has 168 valence electrons. The lowest BCUT2D eigenvalue weighted by atomic mass is 10.1. The summed E-state index contributed by atoms with van der Waals surface area (Å²) in [5, 5.41) is 6.78. The largest absolute Gasteiger partial charge is 0.353 e. The summed E-state index contributed by atoms with van der Waals surface area (Å²) in [7, 11) is 4.24. The summed E-state index contributed by atoms with van der Waals surface area (Å²) in [6.07, 6.45) is 6.67. The van der Waals surface area contributed by atoms with Gasteiger partial charge < -0.3 is 15.1 Å². The number of nitrogens with zero attached hydrogens (tertiary/aromatic N) is 5. The zero-order valence-electron chi connectivity index (χ0n) is 19.2. The Balaban J connectivity index is 1.33. The average Bonchev–Trinajstić information content (AvgIpc) is 3.27. The summed E-state index contributed by atoms with van der Waals surface area (Å²) in [6, 6.07) is 13.2. The molecule has 0 atom stereocenters. The molecule has 0 saturated carbocycles. The Morgan fingerprint density at radius 1 is 1.09 bits per heavy atom. The van der Waals surface area contributed by atoms with Crippen LogP contribution in [0.2, 0.25) is 0 Å². The molecule has 4 aromatic rings. The number of anilines is 2. The maximum atomic E-state index is 4.59. The second kappa shape index (κ2) is 8.92. The molecule has 7 heteroatoms. The van der Waals surface area contributed by atoms with Gasteiger partial charge in [0.05, 0.1) is 9.88 Å². The molecular formula is C26H28N6S. The number of pyridine rings is 2. The van der Waals surface area contributed by atoms with Gasteiger partial charge >= 0.3 is 0 Å². The van der Waals surface area contributed by atoms with E-state index >= 15 is 0 Å². The fourth-order valence-corrected chi connectivity index (χ4v) is 4.80. The van der Waals surface area contributed by atoms with E-state index in [0.29, 0.717) is 6.04 Å². The first-order valence-electron chi connectivity index (χ1n) is 11.2. The highest BCUT2D eigenvalue weighted by molar-refractivity contribution is 7.15. The van der Waals surface area contributed by atoms with Crippen molar-refractivity contribution in [2.75, 3.05) is 37.4 Å². The van der Waals surface area contributed by atoms with E-state index < -0.39 is 0 Å². The van der Waals surface area contributed by atoms with Gasteiger partial charge in [-0.15, -0.1) is 11.3 Å². The predicted molar refractivity (Wildman–Crippen MR) is 139 cm³/mol. The number of fused-ring (bicyclic) bond motifs is 1. The van der Waals surface area contributed by atoms with Crippen LogP contribution in [0.4, 0.5) is 11.6 Å². The molecule has 3 aromatic heterocycles. The van der Waals surface area contributed by atoms with E-state index in [9.17, 15) is 0 Å². The zero-order valence-corrected chi connectivity index (χ0v) is 20.1. The number of aromatic nitrogens is 3. The van der Waals surface area contributed by atoms with Crippen molar-refractivity contribution < 1.29 is 0 Å². The van der Waals surface area contributed by atoms with Crippen molar-refractivity contribution in [3.05, 3.63) is 72.1 Å². The third kappa shape index (κ3) is 4.47. The Morgan fingerprint density at radius 3 is 2.70 bits per heavy atom. The number of likely N-dealkylation sites (N-methyl/N-ethyl adjacent to an activating group) is 1. The van der Waals surface area contributed by atoms with Crippen molar-refractivity contribution in [2.45, 2.75) is 19.4 Å². The highest BCUT2D eigenvalue weighted by Gasteiger charge is 2.29. The monoisotopic (exact) mass is 456 g/mol. The smallest absolute Gasteiger partial charge is 0.130 e. The van der Waals surface area contributed by atoms with Crippen molar-refractivity contribution in [1.82, 2.24) is 19.9 Å². The SMILES string of the molecule is C=C(Nc1cc2cc(-c3cnc(CC)s3)ccc2cn1)c1ccnc(N2CC(N(C)C)C2)c1. The molecule has 4 heterocycles. The fraction of sp³-hybridized carbons (Fsp3) is 0.269. The molecule has 1 aromatic carbocycles. The second-order valence-corrected chi connectivity index (χ2v) is 9.75. The summed E-state index contributed by atoms with van der Waals surface area (Å²) >= 11 is 1.75. The van der Waals surface area contributed by atoms with Gasteiger partial charge in [0.25, 0.3) is 0 Å². The number of hydrogen-bond donors (Lipinski definition) is 1. The van der Waals surface area contributed by atoms with Gasteiger partial charge in [0.1, 0.15) is 11.6 Å². The zero-order chi connectivity index (χ0) is 22.9. The Morgan fingerprint density at radius 2 is 1.94 bits per heavy atom. The molecule has 0 radical (unpaired) electrons. The van der Waals surface area contributed by atoms with Gasteiger partial charge in [0, 0.05) is 54.4 Å². The Kier molecular flexibility index (Phi) is 5.83.